The van der Waals surface area contributed by atoms with Gasteiger partial charge in [0.25, 0.3) is 5.91 Å². The highest BCUT2D eigenvalue weighted by Crippen LogP contribution is 2.38. The smallest absolute Gasteiger partial charge is 0.254 e. The van der Waals surface area contributed by atoms with E-state index in [2.05, 4.69) is 34.3 Å². The predicted octanol–water partition coefficient (Wildman–Crippen LogP) is 5.24. The summed E-state index contributed by atoms with van der Waals surface area (Å²) in [5.74, 6) is 1.90. The maximum absolute atomic E-state index is 13.8. The number of aliphatic hydroxyl groups is 1. The van der Waals surface area contributed by atoms with Crippen LogP contribution in [0.25, 0.3) is 28.1 Å². The number of imidazole rings is 1. The van der Waals surface area contributed by atoms with Crippen LogP contribution in [-0.4, -0.2) is 67.6 Å². The molecule has 0 bridgehead atoms. The molecule has 0 radical (unpaired) electrons. The quantitative estimate of drug-likeness (QED) is 0.191. The monoisotopic (exact) mass is 633 g/mol. The molecule has 244 valence electrons. The van der Waals surface area contributed by atoms with Crippen LogP contribution in [-0.2, 0) is 6.54 Å². The number of rotatable bonds is 9. The van der Waals surface area contributed by atoms with Crippen molar-refractivity contribution in [1.29, 1.82) is 0 Å². The number of nitrogens with zero attached hydrogens (tertiary/aromatic N) is 5. The number of hydrogen-bond donors (Lipinski definition) is 3. The molecule has 2 saturated heterocycles. The normalized spacial score (nSPS) is 20.9. The van der Waals surface area contributed by atoms with Gasteiger partial charge in [0.1, 0.15) is 23.2 Å². The molecule has 1 aromatic carbocycles. The molecule has 8 rings (SSSR count). The maximum atomic E-state index is 13.8. The number of benzene rings is 1. The van der Waals surface area contributed by atoms with Gasteiger partial charge in [-0.2, -0.15) is 0 Å². The average Bonchev–Trinajstić information content (AvgIpc) is 3.52. The fourth-order valence-corrected chi connectivity index (χ4v) is 7.57. The zero-order valence-corrected chi connectivity index (χ0v) is 27.3. The first kappa shape index (κ1) is 30.1. The first-order valence-electron chi connectivity index (χ1n) is 17.0. The van der Waals surface area contributed by atoms with Gasteiger partial charge in [-0.05, 0) is 87.7 Å². The van der Waals surface area contributed by atoms with Gasteiger partial charge in [-0.1, -0.05) is 30.3 Å². The van der Waals surface area contributed by atoms with Crippen LogP contribution in [0.15, 0.2) is 60.7 Å². The highest BCUT2D eigenvalue weighted by atomic mass is 16.5. The summed E-state index contributed by atoms with van der Waals surface area (Å²) in [6, 6.07) is 19.9. The van der Waals surface area contributed by atoms with Crippen molar-refractivity contribution in [2.75, 3.05) is 26.7 Å². The molecular weight excluding hydrogens is 590 g/mol. The van der Waals surface area contributed by atoms with E-state index in [0.29, 0.717) is 35.0 Å². The third kappa shape index (κ3) is 5.58. The lowest BCUT2D eigenvalue weighted by Gasteiger charge is -2.35. The Morgan fingerprint density at radius 3 is 2.70 bits per heavy atom. The molecule has 3 fully saturated rings. The number of aromatic nitrogens is 4. The van der Waals surface area contributed by atoms with Crippen molar-refractivity contribution in [3.63, 3.8) is 0 Å². The Labute approximate surface area is 274 Å². The van der Waals surface area contributed by atoms with E-state index in [1.807, 2.05) is 64.8 Å². The van der Waals surface area contributed by atoms with Crippen LogP contribution in [0, 0.1) is 18.8 Å². The summed E-state index contributed by atoms with van der Waals surface area (Å²) in [4.78, 5) is 26.1. The number of fused-ring (bicyclic) bond motifs is 3. The fourth-order valence-electron chi connectivity index (χ4n) is 7.57. The van der Waals surface area contributed by atoms with Crippen molar-refractivity contribution < 1.29 is 14.6 Å². The number of ether oxygens (including phenoxy) is 1. The van der Waals surface area contributed by atoms with Crippen LogP contribution in [0.3, 0.4) is 0 Å². The number of pyridine rings is 2. The van der Waals surface area contributed by atoms with Gasteiger partial charge in [-0.3, -0.25) is 14.5 Å². The Morgan fingerprint density at radius 2 is 1.91 bits per heavy atom. The average molecular weight is 634 g/mol. The lowest BCUT2D eigenvalue weighted by Crippen LogP contribution is -2.48. The summed E-state index contributed by atoms with van der Waals surface area (Å²) in [7, 11) is 1.65. The maximum Gasteiger partial charge on any atom is 0.254 e. The molecule has 3 N–H and O–H groups in total. The van der Waals surface area contributed by atoms with Crippen LogP contribution in [0.2, 0.25) is 0 Å². The highest BCUT2D eigenvalue weighted by molar-refractivity contribution is 5.96. The van der Waals surface area contributed by atoms with Gasteiger partial charge < -0.3 is 24.6 Å². The van der Waals surface area contributed by atoms with Crippen molar-refractivity contribution in [3.8, 4) is 17.3 Å². The molecule has 10 heteroatoms. The van der Waals surface area contributed by atoms with E-state index >= 15 is 0 Å². The Morgan fingerprint density at radius 1 is 1.09 bits per heavy atom. The third-order valence-corrected chi connectivity index (χ3v) is 10.5. The zero-order chi connectivity index (χ0) is 32.2. The number of aliphatic hydroxyl groups excluding tert-OH is 1. The van der Waals surface area contributed by atoms with Crippen LogP contribution in [0.4, 0.5) is 0 Å². The van der Waals surface area contributed by atoms with E-state index in [0.717, 1.165) is 72.0 Å². The Kier molecular flexibility index (Phi) is 7.74. The second kappa shape index (κ2) is 12.1. The van der Waals surface area contributed by atoms with Crippen LogP contribution in [0.1, 0.15) is 72.2 Å². The van der Waals surface area contributed by atoms with Gasteiger partial charge in [0.15, 0.2) is 5.88 Å². The number of likely N-dealkylation sites (tertiary alicyclic amines) is 1. The predicted molar refractivity (Wildman–Crippen MR) is 181 cm³/mol. The van der Waals surface area contributed by atoms with Crippen molar-refractivity contribution >= 4 is 22.6 Å². The Bertz CT molecular complexity index is 1950. The van der Waals surface area contributed by atoms with Crippen molar-refractivity contribution in [3.05, 3.63) is 83.2 Å². The molecule has 5 aromatic rings. The number of carbonyl (C=O) groups excluding carboxylic acids is 1. The van der Waals surface area contributed by atoms with E-state index in [-0.39, 0.29) is 11.9 Å². The summed E-state index contributed by atoms with van der Waals surface area (Å²) in [5, 5.41) is 18.7. The largest absolute Gasteiger partial charge is 0.482 e. The molecule has 1 saturated carbocycles. The van der Waals surface area contributed by atoms with E-state index in [1.54, 1.807) is 7.11 Å². The van der Waals surface area contributed by atoms with Gasteiger partial charge in [-0.25, -0.2) is 9.97 Å². The summed E-state index contributed by atoms with van der Waals surface area (Å²) >= 11 is 0. The number of piperidine rings is 1. The number of aryl methyl sites for hydroxylation is 1. The molecule has 1 unspecified atom stereocenters. The molecular formula is C37H43N7O3. The van der Waals surface area contributed by atoms with Gasteiger partial charge in [-0.15, -0.1) is 0 Å². The summed E-state index contributed by atoms with van der Waals surface area (Å²) in [6.45, 7) is 7.51. The van der Waals surface area contributed by atoms with E-state index in [9.17, 15) is 9.90 Å². The summed E-state index contributed by atoms with van der Waals surface area (Å²) in [6.07, 6.45) is 3.86. The van der Waals surface area contributed by atoms with Crippen molar-refractivity contribution in [2.24, 2.45) is 11.8 Å². The van der Waals surface area contributed by atoms with E-state index in [4.69, 9.17) is 14.7 Å². The second-order valence-electron chi connectivity index (χ2n) is 13.6. The lowest BCUT2D eigenvalue weighted by molar-refractivity contribution is 0.0669. The molecule has 4 aromatic heterocycles. The topological polar surface area (TPSA) is 109 Å². The molecule has 4 atom stereocenters. The molecule has 10 nitrogen and oxygen atoms in total. The van der Waals surface area contributed by atoms with Gasteiger partial charge in [0, 0.05) is 48.7 Å². The second-order valence-corrected chi connectivity index (χ2v) is 13.6. The SMILES string of the molecule is COc1cc(C(=O)N2CC[C@H]3CCN[C@H]3C2)cc2nc(-c3cc4ccc([C@@H](C)NC(O)c5ccccc5)nc4n3CC3CC3)c(C)n12. The molecule has 1 aliphatic carbocycles. The standard InChI is InChI=1S/C37H43N7O3/c1-22(39-36(45)26-7-5-4-6-8-26)29-12-11-27-17-31(43(35(27)40-29)20-24-9-10-24)34-23(2)44-32(41-34)18-28(19-33(44)47-3)37(46)42-16-14-25-13-15-38-30(25)21-42/h4-8,11-12,17-19,22,24-25,30,36,38-39,45H,9-10,13-16,20-21H2,1-3H3/t22-,25-,30+,36?/m1/s1. The molecule has 0 spiro atoms. The molecule has 2 aliphatic heterocycles. The van der Waals surface area contributed by atoms with Crippen molar-refractivity contribution in [2.45, 2.75) is 64.4 Å². The third-order valence-electron chi connectivity index (χ3n) is 10.5. The van der Waals surface area contributed by atoms with Crippen molar-refractivity contribution in [1.82, 2.24) is 34.5 Å². The van der Waals surface area contributed by atoms with Gasteiger partial charge in [0.2, 0.25) is 0 Å². The van der Waals surface area contributed by atoms with Crippen LogP contribution >= 0.6 is 0 Å². The van der Waals surface area contributed by atoms with Gasteiger partial charge >= 0.3 is 0 Å². The lowest BCUT2D eigenvalue weighted by atomic mass is 9.92. The van der Waals surface area contributed by atoms with Crippen LogP contribution < -0.4 is 15.4 Å². The number of methoxy groups -OCH3 is 1. The first-order valence-corrected chi connectivity index (χ1v) is 17.0. The summed E-state index contributed by atoms with van der Waals surface area (Å²) < 4.78 is 10.2. The van der Waals surface area contributed by atoms with E-state index in [1.165, 1.54) is 19.3 Å². The fraction of sp³-hybridized carbons (Fsp3) is 0.432. The first-order chi connectivity index (χ1) is 22.9. The highest BCUT2D eigenvalue weighted by Gasteiger charge is 2.35. The minimum absolute atomic E-state index is 0.0276. The molecule has 1 amide bonds. The number of hydrogen-bond acceptors (Lipinski definition) is 7. The Hall–Kier alpha value is -4.25. The van der Waals surface area contributed by atoms with Crippen LogP contribution in [0.5, 0.6) is 5.88 Å². The summed E-state index contributed by atoms with van der Waals surface area (Å²) in [5.41, 5.74) is 6.70. The molecule has 47 heavy (non-hydrogen) atoms. The minimum Gasteiger partial charge on any atom is -0.482 e. The van der Waals surface area contributed by atoms with Gasteiger partial charge in [0.05, 0.1) is 24.2 Å². The Balaban J connectivity index is 1.15. The number of nitrogens with one attached hydrogen (secondary N) is 2. The molecule has 3 aliphatic rings. The number of amides is 1. The minimum atomic E-state index is -0.795. The molecule has 6 heterocycles. The van der Waals surface area contributed by atoms with E-state index < -0.39 is 6.23 Å². The number of carbonyl (C=O) groups is 1. The zero-order valence-electron chi connectivity index (χ0n) is 27.3.